The van der Waals surface area contributed by atoms with Crippen LogP contribution in [0, 0.1) is 6.92 Å². The lowest BCUT2D eigenvalue weighted by Gasteiger charge is -2.35. The number of aryl methyl sites for hydroxylation is 1. The number of para-hydroxylation sites is 1. The number of nitrogens with zero attached hydrogens (tertiary/aromatic N) is 1. The highest BCUT2D eigenvalue weighted by atomic mass is 32.1. The molecule has 1 atom stereocenters. The van der Waals surface area contributed by atoms with Crippen LogP contribution in [0.5, 0.6) is 0 Å². The van der Waals surface area contributed by atoms with Crippen molar-refractivity contribution in [2.45, 2.75) is 45.3 Å². The average Bonchev–Trinajstić information content (AvgIpc) is 2.71. The van der Waals surface area contributed by atoms with Crippen molar-refractivity contribution in [3.05, 3.63) is 23.8 Å². The first-order valence-corrected chi connectivity index (χ1v) is 7.62. The minimum Gasteiger partial charge on any atom is -0.375 e. The summed E-state index contributed by atoms with van der Waals surface area (Å²) in [7, 11) is 0. The van der Waals surface area contributed by atoms with E-state index < -0.39 is 0 Å². The van der Waals surface area contributed by atoms with Crippen molar-refractivity contribution in [3.8, 4) is 0 Å². The Morgan fingerprint density at radius 2 is 2.26 bits per heavy atom. The zero-order valence-electron chi connectivity index (χ0n) is 11.7. The maximum Gasteiger partial charge on any atom is 0.184 e. The predicted molar refractivity (Wildman–Crippen MR) is 81.0 cm³/mol. The van der Waals surface area contributed by atoms with Crippen LogP contribution in [0.2, 0.25) is 0 Å². The van der Waals surface area contributed by atoms with Crippen molar-refractivity contribution in [1.82, 2.24) is 4.98 Å². The van der Waals surface area contributed by atoms with Gasteiger partial charge in [0.05, 0.1) is 15.8 Å². The van der Waals surface area contributed by atoms with Crippen LogP contribution < -0.4 is 5.32 Å². The predicted octanol–water partition coefficient (Wildman–Crippen LogP) is 3.97. The molecule has 1 unspecified atom stereocenters. The maximum atomic E-state index is 5.75. The lowest BCUT2D eigenvalue weighted by atomic mass is 9.94. The molecule has 0 amide bonds. The number of thiazole rings is 1. The molecule has 1 saturated heterocycles. The first-order valence-electron chi connectivity index (χ1n) is 6.80. The Morgan fingerprint density at radius 3 is 3.00 bits per heavy atom. The van der Waals surface area contributed by atoms with E-state index in [0.717, 1.165) is 30.1 Å². The van der Waals surface area contributed by atoms with Gasteiger partial charge in [-0.05, 0) is 45.2 Å². The van der Waals surface area contributed by atoms with Gasteiger partial charge >= 0.3 is 0 Å². The van der Waals surface area contributed by atoms with E-state index in [0.29, 0.717) is 6.04 Å². The monoisotopic (exact) mass is 276 g/mol. The van der Waals surface area contributed by atoms with Crippen molar-refractivity contribution < 1.29 is 4.74 Å². The number of hydrogen-bond donors (Lipinski definition) is 1. The number of fused-ring (bicyclic) bond motifs is 1. The molecule has 2 aromatic rings. The Balaban J connectivity index is 1.80. The Kier molecular flexibility index (Phi) is 3.23. The van der Waals surface area contributed by atoms with Crippen molar-refractivity contribution in [2.75, 3.05) is 11.9 Å². The first kappa shape index (κ1) is 12.9. The second-order valence-electron chi connectivity index (χ2n) is 5.88. The molecule has 3 nitrogen and oxygen atoms in total. The fourth-order valence-corrected chi connectivity index (χ4v) is 3.70. The molecular formula is C15H20N2OS. The molecule has 19 heavy (non-hydrogen) atoms. The minimum atomic E-state index is -0.0253. The Labute approximate surface area is 118 Å². The van der Waals surface area contributed by atoms with Gasteiger partial charge in [0.2, 0.25) is 0 Å². The molecule has 1 fully saturated rings. The van der Waals surface area contributed by atoms with Gasteiger partial charge in [0.15, 0.2) is 5.13 Å². The molecule has 1 N–H and O–H groups in total. The van der Waals surface area contributed by atoms with E-state index in [-0.39, 0.29) is 5.60 Å². The number of hydrogen-bond acceptors (Lipinski definition) is 4. The number of benzene rings is 1. The summed E-state index contributed by atoms with van der Waals surface area (Å²) in [5, 5.41) is 4.61. The van der Waals surface area contributed by atoms with Gasteiger partial charge in [-0.3, -0.25) is 0 Å². The van der Waals surface area contributed by atoms with Gasteiger partial charge in [-0.15, -0.1) is 0 Å². The third kappa shape index (κ3) is 2.74. The SMILES string of the molecule is Cc1cccc2sc(NC3CCOC(C)(C)C3)nc12. The van der Waals surface area contributed by atoms with Gasteiger partial charge in [-0.1, -0.05) is 23.5 Å². The number of ether oxygens (including phenoxy) is 1. The molecular weight excluding hydrogens is 256 g/mol. The Morgan fingerprint density at radius 1 is 1.42 bits per heavy atom. The average molecular weight is 276 g/mol. The molecule has 1 aromatic heterocycles. The highest BCUT2D eigenvalue weighted by Gasteiger charge is 2.29. The molecule has 102 valence electrons. The van der Waals surface area contributed by atoms with Crippen LogP contribution in [0.15, 0.2) is 18.2 Å². The quantitative estimate of drug-likeness (QED) is 0.901. The first-order chi connectivity index (χ1) is 9.03. The van der Waals surface area contributed by atoms with E-state index >= 15 is 0 Å². The molecule has 0 radical (unpaired) electrons. The van der Waals surface area contributed by atoms with Crippen molar-refractivity contribution in [1.29, 1.82) is 0 Å². The van der Waals surface area contributed by atoms with E-state index in [2.05, 4.69) is 44.3 Å². The van der Waals surface area contributed by atoms with E-state index in [1.807, 2.05) is 0 Å². The number of rotatable bonds is 2. The van der Waals surface area contributed by atoms with Gasteiger partial charge < -0.3 is 10.1 Å². The van der Waals surface area contributed by atoms with Crippen molar-refractivity contribution in [2.24, 2.45) is 0 Å². The smallest absolute Gasteiger partial charge is 0.184 e. The minimum absolute atomic E-state index is 0.0253. The van der Waals surface area contributed by atoms with Crippen LogP contribution in [0.25, 0.3) is 10.2 Å². The topological polar surface area (TPSA) is 34.1 Å². The Bertz CT molecular complexity index is 591. The summed E-state index contributed by atoms with van der Waals surface area (Å²) in [6, 6.07) is 6.81. The van der Waals surface area contributed by atoms with Crippen molar-refractivity contribution in [3.63, 3.8) is 0 Å². The van der Waals surface area contributed by atoms with Crippen LogP contribution in [-0.4, -0.2) is 23.2 Å². The van der Waals surface area contributed by atoms with E-state index in [1.54, 1.807) is 11.3 Å². The zero-order chi connectivity index (χ0) is 13.5. The molecule has 3 rings (SSSR count). The third-order valence-electron chi connectivity index (χ3n) is 3.65. The number of aromatic nitrogens is 1. The van der Waals surface area contributed by atoms with Crippen LogP contribution in [0.3, 0.4) is 0 Å². The second-order valence-corrected chi connectivity index (χ2v) is 6.91. The molecule has 0 saturated carbocycles. The van der Waals surface area contributed by atoms with Gasteiger partial charge in [0.25, 0.3) is 0 Å². The lowest BCUT2D eigenvalue weighted by Crippen LogP contribution is -2.40. The summed E-state index contributed by atoms with van der Waals surface area (Å²) >= 11 is 1.74. The van der Waals surface area contributed by atoms with Gasteiger partial charge in [0.1, 0.15) is 0 Å². The molecule has 1 aromatic carbocycles. The zero-order valence-corrected chi connectivity index (χ0v) is 12.5. The van der Waals surface area contributed by atoms with Crippen LogP contribution in [0.1, 0.15) is 32.3 Å². The van der Waals surface area contributed by atoms with Crippen LogP contribution >= 0.6 is 11.3 Å². The third-order valence-corrected chi connectivity index (χ3v) is 4.60. The Hall–Kier alpha value is -1.13. The maximum absolute atomic E-state index is 5.75. The largest absolute Gasteiger partial charge is 0.375 e. The fourth-order valence-electron chi connectivity index (χ4n) is 2.68. The standard InChI is InChI=1S/C15H20N2OS/c1-10-5-4-6-12-13(10)17-14(19-12)16-11-7-8-18-15(2,3)9-11/h4-6,11H,7-9H2,1-3H3,(H,16,17). The molecule has 0 bridgehead atoms. The fraction of sp³-hybridized carbons (Fsp3) is 0.533. The summed E-state index contributed by atoms with van der Waals surface area (Å²) < 4.78 is 7.01. The van der Waals surface area contributed by atoms with E-state index in [9.17, 15) is 0 Å². The van der Waals surface area contributed by atoms with Crippen LogP contribution in [-0.2, 0) is 4.74 Å². The highest BCUT2D eigenvalue weighted by Crippen LogP contribution is 2.31. The summed E-state index contributed by atoms with van der Waals surface area (Å²) in [6.45, 7) is 7.25. The normalized spacial score (nSPS) is 22.6. The van der Waals surface area contributed by atoms with E-state index in [4.69, 9.17) is 9.72 Å². The second kappa shape index (κ2) is 4.76. The van der Waals surface area contributed by atoms with Crippen LogP contribution in [0.4, 0.5) is 5.13 Å². The molecule has 0 spiro atoms. The van der Waals surface area contributed by atoms with E-state index in [1.165, 1.54) is 10.3 Å². The summed E-state index contributed by atoms with van der Waals surface area (Å²) in [4.78, 5) is 4.72. The molecule has 1 aliphatic heterocycles. The lowest BCUT2D eigenvalue weighted by molar-refractivity contribution is -0.0553. The highest BCUT2D eigenvalue weighted by molar-refractivity contribution is 7.22. The summed E-state index contributed by atoms with van der Waals surface area (Å²) in [5.41, 5.74) is 2.35. The molecule has 1 aliphatic rings. The van der Waals surface area contributed by atoms with Crippen molar-refractivity contribution >= 4 is 26.7 Å². The molecule has 0 aliphatic carbocycles. The molecule has 4 heteroatoms. The number of anilines is 1. The van der Waals surface area contributed by atoms with Gasteiger partial charge in [-0.2, -0.15) is 0 Å². The van der Waals surface area contributed by atoms with Gasteiger partial charge in [0, 0.05) is 12.6 Å². The summed E-state index contributed by atoms with van der Waals surface area (Å²) in [6.07, 6.45) is 2.08. The van der Waals surface area contributed by atoms with Gasteiger partial charge in [-0.25, -0.2) is 4.98 Å². The number of nitrogens with one attached hydrogen (secondary N) is 1. The molecule has 2 heterocycles. The summed E-state index contributed by atoms with van der Waals surface area (Å²) in [5.74, 6) is 0.